The first-order chi connectivity index (χ1) is 6.92. The fourth-order valence-electron chi connectivity index (χ4n) is 1.04. The zero-order chi connectivity index (χ0) is 11.5. The van der Waals surface area contributed by atoms with Crippen LogP contribution in [0.1, 0.15) is 5.56 Å². The highest BCUT2D eigenvalue weighted by Crippen LogP contribution is 2.16. The Labute approximate surface area is 86.9 Å². The summed E-state index contributed by atoms with van der Waals surface area (Å²) in [6.45, 7) is 0.0933. The van der Waals surface area contributed by atoms with Crippen molar-refractivity contribution < 1.29 is 18.0 Å². The summed E-state index contributed by atoms with van der Waals surface area (Å²) >= 11 is 0. The third-order valence-corrected chi connectivity index (χ3v) is 2.20. The number of benzene rings is 1. The van der Waals surface area contributed by atoms with Gasteiger partial charge in [-0.15, -0.1) is 0 Å². The summed E-state index contributed by atoms with van der Waals surface area (Å²) in [4.78, 5) is 0. The first-order valence-electron chi connectivity index (χ1n) is 4.05. The van der Waals surface area contributed by atoms with Gasteiger partial charge in [0.15, 0.2) is 0 Å². The number of hydrogen-bond donors (Lipinski definition) is 3. The second-order valence-corrected chi connectivity index (χ2v) is 4.77. The fraction of sp³-hybridized carbons (Fsp3) is 0.250. The molecule has 1 aromatic rings. The minimum absolute atomic E-state index is 0.0933. The first-order valence-corrected chi connectivity index (χ1v) is 5.94. The summed E-state index contributed by atoms with van der Waals surface area (Å²) in [6.07, 6.45) is 0.940. The van der Waals surface area contributed by atoms with E-state index < -0.39 is 15.8 Å². The van der Waals surface area contributed by atoms with Crippen molar-refractivity contribution in [3.63, 3.8) is 0 Å². The lowest BCUT2D eigenvalue weighted by molar-refractivity contribution is 0.161. The van der Waals surface area contributed by atoms with Gasteiger partial charge in [0.25, 0.3) is 0 Å². The smallest absolute Gasteiger partial charge is 0.229 e. The van der Waals surface area contributed by atoms with Crippen LogP contribution >= 0.6 is 0 Å². The summed E-state index contributed by atoms with van der Waals surface area (Å²) in [5.74, 6) is -0.687. The maximum atomic E-state index is 13.3. The summed E-state index contributed by atoms with van der Waals surface area (Å²) in [7, 11) is -3.48. The highest BCUT2D eigenvalue weighted by atomic mass is 32.2. The molecule has 5 nitrogen and oxygen atoms in total. The number of nitrogens with one attached hydrogen (secondary N) is 2. The monoisotopic (exact) mass is 234 g/mol. The summed E-state index contributed by atoms with van der Waals surface area (Å²) in [5, 5.41) is 8.38. The average molecular weight is 234 g/mol. The number of halogens is 1. The maximum Gasteiger partial charge on any atom is 0.229 e. The Balaban J connectivity index is 2.93. The Hall–Kier alpha value is -1.18. The largest absolute Gasteiger partial charge is 0.316 e. The molecule has 0 amide bonds. The predicted molar refractivity (Wildman–Crippen MR) is 53.5 cm³/mol. The van der Waals surface area contributed by atoms with E-state index in [2.05, 4.69) is 0 Å². The molecule has 1 aromatic carbocycles. The van der Waals surface area contributed by atoms with Gasteiger partial charge < -0.3 is 5.21 Å². The fourth-order valence-corrected chi connectivity index (χ4v) is 1.61. The van der Waals surface area contributed by atoms with Gasteiger partial charge in [-0.05, 0) is 17.7 Å². The molecule has 0 saturated carbocycles. The van der Waals surface area contributed by atoms with Crippen molar-refractivity contribution in [1.29, 1.82) is 0 Å². The van der Waals surface area contributed by atoms with E-state index in [-0.39, 0.29) is 12.2 Å². The van der Waals surface area contributed by atoms with Crippen LogP contribution in [0.15, 0.2) is 18.2 Å². The number of rotatable bonds is 4. The molecule has 0 aromatic heterocycles. The van der Waals surface area contributed by atoms with E-state index in [9.17, 15) is 12.8 Å². The lowest BCUT2D eigenvalue weighted by atomic mass is 10.2. The Bertz CT molecular complexity index is 447. The number of hydroxylamine groups is 1. The molecule has 0 aliphatic heterocycles. The van der Waals surface area contributed by atoms with Gasteiger partial charge in [-0.1, -0.05) is 6.07 Å². The van der Waals surface area contributed by atoms with E-state index in [4.69, 9.17) is 5.21 Å². The molecule has 3 N–H and O–H groups in total. The van der Waals surface area contributed by atoms with Crippen molar-refractivity contribution in [2.45, 2.75) is 6.54 Å². The summed E-state index contributed by atoms with van der Waals surface area (Å²) in [6, 6.07) is 3.93. The van der Waals surface area contributed by atoms with Crippen molar-refractivity contribution >= 4 is 15.7 Å². The number of sulfonamides is 1. The molecule has 0 aliphatic carbocycles. The third-order valence-electron chi connectivity index (χ3n) is 1.61. The van der Waals surface area contributed by atoms with Crippen LogP contribution in [0.25, 0.3) is 0 Å². The SMILES string of the molecule is CS(=O)(=O)Nc1ccc(CNO)cc1F. The topological polar surface area (TPSA) is 78.4 Å². The quantitative estimate of drug-likeness (QED) is 0.669. The van der Waals surface area contributed by atoms with Crippen molar-refractivity contribution in [2.24, 2.45) is 0 Å². The van der Waals surface area contributed by atoms with E-state index in [0.29, 0.717) is 5.56 Å². The molecule has 0 bridgehead atoms. The summed E-state index contributed by atoms with van der Waals surface area (Å²) in [5.41, 5.74) is 2.27. The van der Waals surface area contributed by atoms with Crippen LogP contribution in [-0.4, -0.2) is 19.9 Å². The molecule has 0 fully saturated rings. The maximum absolute atomic E-state index is 13.3. The second kappa shape index (κ2) is 4.56. The lowest BCUT2D eigenvalue weighted by Gasteiger charge is -2.06. The van der Waals surface area contributed by atoms with Crippen molar-refractivity contribution in [1.82, 2.24) is 5.48 Å². The third kappa shape index (κ3) is 3.82. The Morgan fingerprint density at radius 2 is 2.13 bits per heavy atom. The van der Waals surface area contributed by atoms with Gasteiger partial charge in [0, 0.05) is 6.54 Å². The molecule has 84 valence electrons. The van der Waals surface area contributed by atoms with Crippen molar-refractivity contribution in [3.8, 4) is 0 Å². The van der Waals surface area contributed by atoms with E-state index in [1.807, 2.05) is 10.2 Å². The van der Waals surface area contributed by atoms with E-state index in [1.165, 1.54) is 12.1 Å². The van der Waals surface area contributed by atoms with Gasteiger partial charge in [-0.2, -0.15) is 0 Å². The van der Waals surface area contributed by atoms with Crippen LogP contribution < -0.4 is 10.2 Å². The molecule has 0 spiro atoms. The molecule has 0 atom stereocenters. The molecular formula is C8H11FN2O3S. The zero-order valence-corrected chi connectivity index (χ0v) is 8.81. The molecular weight excluding hydrogens is 223 g/mol. The molecule has 0 radical (unpaired) electrons. The first kappa shape index (κ1) is 11.9. The Morgan fingerprint density at radius 1 is 1.47 bits per heavy atom. The van der Waals surface area contributed by atoms with Crippen molar-refractivity contribution in [3.05, 3.63) is 29.6 Å². The minimum atomic E-state index is -3.48. The highest BCUT2D eigenvalue weighted by molar-refractivity contribution is 7.92. The van der Waals surface area contributed by atoms with Gasteiger partial charge in [0.2, 0.25) is 10.0 Å². The molecule has 0 heterocycles. The van der Waals surface area contributed by atoms with Crippen LogP contribution in [-0.2, 0) is 16.6 Å². The zero-order valence-electron chi connectivity index (χ0n) is 7.99. The summed E-state index contributed by atoms with van der Waals surface area (Å²) < 4.78 is 37.0. The Kier molecular flexibility index (Phi) is 3.61. The van der Waals surface area contributed by atoms with E-state index >= 15 is 0 Å². The minimum Gasteiger partial charge on any atom is -0.316 e. The molecule has 7 heteroatoms. The van der Waals surface area contributed by atoms with Gasteiger partial charge in [0.05, 0.1) is 11.9 Å². The van der Waals surface area contributed by atoms with Crippen molar-refractivity contribution in [2.75, 3.05) is 11.0 Å². The van der Waals surface area contributed by atoms with Gasteiger partial charge in [-0.3, -0.25) is 4.72 Å². The van der Waals surface area contributed by atoms with Gasteiger partial charge >= 0.3 is 0 Å². The van der Waals surface area contributed by atoms with E-state index in [0.717, 1.165) is 12.3 Å². The van der Waals surface area contributed by atoms with Crippen LogP contribution in [0.4, 0.5) is 10.1 Å². The molecule has 15 heavy (non-hydrogen) atoms. The van der Waals surface area contributed by atoms with Gasteiger partial charge in [-0.25, -0.2) is 18.3 Å². The predicted octanol–water partition coefficient (Wildman–Crippen LogP) is 0.676. The molecule has 0 unspecified atom stereocenters. The highest BCUT2D eigenvalue weighted by Gasteiger charge is 2.07. The normalized spacial score (nSPS) is 11.4. The van der Waals surface area contributed by atoms with Gasteiger partial charge in [0.1, 0.15) is 5.82 Å². The van der Waals surface area contributed by atoms with Crippen LogP contribution in [0, 0.1) is 5.82 Å². The van der Waals surface area contributed by atoms with E-state index in [1.54, 1.807) is 0 Å². The number of hydrogen-bond acceptors (Lipinski definition) is 4. The van der Waals surface area contributed by atoms with Crippen LogP contribution in [0.2, 0.25) is 0 Å². The average Bonchev–Trinajstić information content (AvgIpc) is 2.08. The molecule has 0 aliphatic rings. The molecule has 0 saturated heterocycles. The second-order valence-electron chi connectivity index (χ2n) is 3.02. The standard InChI is InChI=1S/C8H11FN2O3S/c1-15(13,14)11-8-3-2-6(5-10-12)4-7(8)9/h2-4,10-12H,5H2,1H3. The van der Waals surface area contributed by atoms with Crippen LogP contribution in [0.3, 0.4) is 0 Å². The number of anilines is 1. The molecule has 1 rings (SSSR count). The van der Waals surface area contributed by atoms with Crippen LogP contribution in [0.5, 0.6) is 0 Å². The Morgan fingerprint density at radius 3 is 2.60 bits per heavy atom. The lowest BCUT2D eigenvalue weighted by Crippen LogP contribution is -2.12.